The number of fused-ring (bicyclic) bond motifs is 1. The van der Waals surface area contributed by atoms with Gasteiger partial charge >= 0.3 is 5.97 Å². The van der Waals surface area contributed by atoms with E-state index in [4.69, 9.17) is 4.74 Å². The molecule has 0 aromatic carbocycles. The van der Waals surface area contributed by atoms with Crippen LogP contribution in [0.3, 0.4) is 0 Å². The Morgan fingerprint density at radius 2 is 2.19 bits per heavy atom. The third-order valence-corrected chi connectivity index (χ3v) is 2.48. The summed E-state index contributed by atoms with van der Waals surface area (Å²) in [7, 11) is 0. The first-order valence-electron chi connectivity index (χ1n) is 4.68. The molecule has 0 radical (unpaired) electrons. The molecule has 2 aliphatic heterocycles. The van der Waals surface area contributed by atoms with Crippen molar-refractivity contribution in [2.45, 2.75) is 37.1 Å². The van der Waals surface area contributed by atoms with Crippen LogP contribution in [0.15, 0.2) is 12.7 Å². The zero-order chi connectivity index (χ0) is 11.9. The van der Waals surface area contributed by atoms with Crippen molar-refractivity contribution in [2.24, 2.45) is 0 Å². The van der Waals surface area contributed by atoms with Crippen LogP contribution in [-0.2, 0) is 19.0 Å². The van der Waals surface area contributed by atoms with E-state index in [0.29, 0.717) is 0 Å². The van der Waals surface area contributed by atoms with Crippen LogP contribution >= 0.6 is 0 Å². The van der Waals surface area contributed by atoms with Crippen LogP contribution in [-0.4, -0.2) is 53.2 Å². The van der Waals surface area contributed by atoms with E-state index in [2.05, 4.69) is 16.1 Å². The van der Waals surface area contributed by atoms with Gasteiger partial charge in [0, 0.05) is 0 Å². The Labute approximate surface area is 90.2 Å². The largest absolute Gasteiger partial charge is 0.454 e. The van der Waals surface area contributed by atoms with Crippen molar-refractivity contribution < 1.29 is 33.6 Å². The second kappa shape index (κ2) is 4.10. The average molecular weight is 234 g/mol. The Morgan fingerprint density at radius 1 is 1.50 bits per heavy atom. The fraction of sp³-hybridized carbons (Fsp3) is 0.667. The zero-order valence-corrected chi connectivity index (χ0v) is 8.15. The molecule has 2 unspecified atom stereocenters. The van der Waals surface area contributed by atoms with Gasteiger partial charge in [-0.1, -0.05) is 6.58 Å². The van der Waals surface area contributed by atoms with Crippen molar-refractivity contribution in [1.82, 2.24) is 0 Å². The first-order valence-corrected chi connectivity index (χ1v) is 4.68. The van der Waals surface area contributed by atoms with Crippen LogP contribution in [0, 0.1) is 0 Å². The third-order valence-electron chi connectivity index (χ3n) is 2.48. The van der Waals surface area contributed by atoms with Gasteiger partial charge in [-0.15, -0.1) is 0 Å². The van der Waals surface area contributed by atoms with E-state index >= 15 is 0 Å². The molecule has 0 saturated carbocycles. The van der Waals surface area contributed by atoms with Crippen molar-refractivity contribution >= 4 is 5.97 Å². The Kier molecular flexibility index (Phi) is 2.94. The van der Waals surface area contributed by atoms with Gasteiger partial charge in [-0.05, 0) is 6.08 Å². The highest BCUT2D eigenvalue weighted by molar-refractivity contribution is 5.78. The zero-order valence-electron chi connectivity index (χ0n) is 8.15. The van der Waals surface area contributed by atoms with Gasteiger partial charge in [0.25, 0.3) is 0 Å². The van der Waals surface area contributed by atoms with E-state index in [1.54, 1.807) is 0 Å². The minimum absolute atomic E-state index is 0.868. The number of ether oxygens (including phenoxy) is 3. The number of hydrogen-bond acceptors (Lipinski definition) is 6. The summed E-state index contributed by atoms with van der Waals surface area (Å²) in [5.41, 5.74) is 0. The number of esters is 1. The minimum atomic E-state index is -1.80. The van der Waals surface area contributed by atoms with E-state index < -0.39 is 43.0 Å². The van der Waals surface area contributed by atoms with Crippen molar-refractivity contribution in [1.29, 1.82) is 0 Å². The van der Waals surface area contributed by atoms with Crippen molar-refractivity contribution in [2.75, 3.05) is 0 Å². The van der Waals surface area contributed by atoms with Crippen molar-refractivity contribution in [3.05, 3.63) is 12.7 Å². The lowest BCUT2D eigenvalue weighted by Crippen LogP contribution is -2.34. The summed E-state index contributed by atoms with van der Waals surface area (Å²) in [4.78, 5) is 10.9. The molecule has 2 fully saturated rings. The second-order valence-electron chi connectivity index (χ2n) is 3.53. The van der Waals surface area contributed by atoms with Crippen LogP contribution in [0.1, 0.15) is 0 Å². The maximum Gasteiger partial charge on any atom is 0.338 e. The summed E-state index contributed by atoms with van der Waals surface area (Å²) in [6.45, 7) is 3.15. The first kappa shape index (κ1) is 11.5. The van der Waals surface area contributed by atoms with Gasteiger partial charge in [-0.2, -0.15) is 0 Å². The highest BCUT2D eigenvalue weighted by Gasteiger charge is 2.57. The molecule has 2 saturated heterocycles. The lowest BCUT2D eigenvalue weighted by atomic mass is 10.1. The van der Waals surface area contributed by atoms with E-state index in [1.165, 1.54) is 0 Å². The predicted molar refractivity (Wildman–Crippen MR) is 46.7 cm³/mol. The second-order valence-corrected chi connectivity index (χ2v) is 3.53. The van der Waals surface area contributed by atoms with E-state index in [1.807, 2.05) is 0 Å². The first-order chi connectivity index (χ1) is 7.54. The molecule has 0 aromatic heterocycles. The molecule has 0 spiro atoms. The molecule has 0 bridgehead atoms. The summed E-state index contributed by atoms with van der Waals surface area (Å²) in [6, 6.07) is 0. The number of carbonyl (C=O) groups is 1. The summed E-state index contributed by atoms with van der Waals surface area (Å²) in [5.74, 6) is -0.868. The maximum absolute atomic E-state index is 12.8. The number of halogens is 1. The monoisotopic (exact) mass is 234 g/mol. The summed E-state index contributed by atoms with van der Waals surface area (Å²) >= 11 is 0. The molecule has 90 valence electrons. The minimum Gasteiger partial charge on any atom is -0.454 e. The van der Waals surface area contributed by atoms with E-state index in [-0.39, 0.29) is 0 Å². The van der Waals surface area contributed by atoms with Gasteiger partial charge in [0.1, 0.15) is 12.2 Å². The number of rotatable bonds is 3. The van der Waals surface area contributed by atoms with Gasteiger partial charge in [0.2, 0.25) is 6.36 Å². The molecule has 16 heavy (non-hydrogen) atoms. The molecule has 2 rings (SSSR count). The molecule has 6 nitrogen and oxygen atoms in total. The van der Waals surface area contributed by atoms with Crippen molar-refractivity contribution in [3.63, 3.8) is 0 Å². The third kappa shape index (κ3) is 1.71. The number of aliphatic hydroxyl groups excluding tert-OH is 2. The van der Waals surface area contributed by atoms with Crippen LogP contribution in [0.5, 0.6) is 0 Å². The van der Waals surface area contributed by atoms with Gasteiger partial charge in [0.15, 0.2) is 18.5 Å². The number of aliphatic hydroxyl groups is 2. The highest BCUT2D eigenvalue weighted by Crippen LogP contribution is 2.33. The standard InChI is InChI=1S/C9H11FO6/c1-2-3(10)14-9-5(12)7-6(16-9)4(11)8(13)15-7/h2-7,9,11-12H,1H2/t3?,4-,5+,6-,7-,9?/m1/s1. The molecule has 6 atom stereocenters. The quantitative estimate of drug-likeness (QED) is 0.474. The van der Waals surface area contributed by atoms with E-state index in [9.17, 15) is 19.4 Å². The van der Waals surface area contributed by atoms with Gasteiger partial charge in [0.05, 0.1) is 0 Å². The lowest BCUT2D eigenvalue weighted by molar-refractivity contribution is -0.217. The number of hydrogen-bond donors (Lipinski definition) is 2. The van der Waals surface area contributed by atoms with Crippen molar-refractivity contribution in [3.8, 4) is 0 Å². The van der Waals surface area contributed by atoms with Gasteiger partial charge in [-0.25, -0.2) is 9.18 Å². The van der Waals surface area contributed by atoms with Crippen LogP contribution < -0.4 is 0 Å². The predicted octanol–water partition coefficient (Wildman–Crippen LogP) is -1.14. The molecule has 7 heteroatoms. The molecule has 0 amide bonds. The fourth-order valence-corrected chi connectivity index (χ4v) is 1.69. The summed E-state index contributed by atoms with van der Waals surface area (Å²) in [5, 5.41) is 18.9. The van der Waals surface area contributed by atoms with Gasteiger partial charge in [-0.3, -0.25) is 0 Å². The van der Waals surface area contributed by atoms with E-state index in [0.717, 1.165) is 6.08 Å². The number of carbonyl (C=O) groups excluding carboxylic acids is 1. The van der Waals surface area contributed by atoms with Gasteiger partial charge < -0.3 is 24.4 Å². The summed E-state index contributed by atoms with van der Waals surface area (Å²) < 4.78 is 27.1. The lowest BCUT2D eigenvalue weighted by Gasteiger charge is -2.18. The molecule has 2 heterocycles. The molecule has 0 aromatic rings. The molecular formula is C9H11FO6. The maximum atomic E-state index is 12.8. The number of alkyl halides is 1. The van der Waals surface area contributed by atoms with Crippen LogP contribution in [0.2, 0.25) is 0 Å². The Hall–Kier alpha value is -1.02. The Morgan fingerprint density at radius 3 is 2.75 bits per heavy atom. The molecule has 2 N–H and O–H groups in total. The fourth-order valence-electron chi connectivity index (χ4n) is 1.69. The topological polar surface area (TPSA) is 85.2 Å². The average Bonchev–Trinajstić information content (AvgIpc) is 2.70. The normalized spacial score (nSPS) is 43.9. The highest BCUT2D eigenvalue weighted by atomic mass is 19.1. The molecule has 2 aliphatic rings. The Balaban J connectivity index is 2.02. The summed E-state index contributed by atoms with van der Waals surface area (Å²) in [6.07, 6.45) is -7.06. The smallest absolute Gasteiger partial charge is 0.338 e. The van der Waals surface area contributed by atoms with Crippen LogP contribution in [0.25, 0.3) is 0 Å². The SMILES string of the molecule is C=CC(F)OC1O[C@H]2[C@H](OC(=O)[C@@H]2O)[C@@H]1O. The molecular weight excluding hydrogens is 223 g/mol. The molecule has 0 aliphatic carbocycles. The Bertz CT molecular complexity index is 308. The van der Waals surface area contributed by atoms with Crippen LogP contribution in [0.4, 0.5) is 4.39 Å².